The summed E-state index contributed by atoms with van der Waals surface area (Å²) in [4.78, 5) is 40.9. The van der Waals surface area contributed by atoms with E-state index in [-0.39, 0.29) is 31.0 Å². The standard InChI is InChI=1S/C29H40FN7O3/c1-5-29(30)18-37(21-8-6-7-9-21)25-23(36(3)27(29)39)17-31-28(34-25)33-22-11-10-19(16-24(22)40-4)26(38)32-20-12-14-35(2)15-13-20/h10-11,16-17,20-21H,5-9,12-15,18H2,1-4H3,(H,32,38)(H,31,33,34)/t29-/m0/s1. The van der Waals surface area contributed by atoms with Gasteiger partial charge in [0, 0.05) is 24.7 Å². The van der Waals surface area contributed by atoms with Gasteiger partial charge >= 0.3 is 0 Å². The van der Waals surface area contributed by atoms with E-state index in [0.29, 0.717) is 34.5 Å². The predicted molar refractivity (Wildman–Crippen MR) is 153 cm³/mol. The average Bonchev–Trinajstić information content (AvgIpc) is 3.49. The van der Waals surface area contributed by atoms with Gasteiger partial charge in [-0.3, -0.25) is 9.59 Å². The van der Waals surface area contributed by atoms with E-state index in [9.17, 15) is 9.59 Å². The fraction of sp³-hybridized carbons (Fsp3) is 0.586. The minimum Gasteiger partial charge on any atom is -0.495 e. The van der Waals surface area contributed by atoms with E-state index in [1.165, 1.54) is 4.90 Å². The zero-order valence-electron chi connectivity index (χ0n) is 23.9. The molecule has 1 atom stereocenters. The van der Waals surface area contributed by atoms with Gasteiger partial charge in [-0.05, 0) is 70.4 Å². The Morgan fingerprint density at radius 3 is 2.58 bits per heavy atom. The second-order valence-electron chi connectivity index (χ2n) is 11.2. The molecule has 1 aromatic heterocycles. The number of hydrogen-bond acceptors (Lipinski definition) is 8. The lowest BCUT2D eigenvalue weighted by Crippen LogP contribution is -2.50. The molecule has 40 heavy (non-hydrogen) atoms. The van der Waals surface area contributed by atoms with E-state index in [1.54, 1.807) is 45.5 Å². The van der Waals surface area contributed by atoms with Crippen molar-refractivity contribution in [1.82, 2.24) is 20.2 Å². The van der Waals surface area contributed by atoms with Gasteiger partial charge in [-0.15, -0.1) is 0 Å². The number of nitrogens with zero attached hydrogens (tertiary/aromatic N) is 5. The zero-order chi connectivity index (χ0) is 28.4. The van der Waals surface area contributed by atoms with Crippen molar-refractivity contribution in [3.05, 3.63) is 30.0 Å². The number of halogens is 1. The third kappa shape index (κ3) is 5.56. The maximum absolute atomic E-state index is 15.9. The van der Waals surface area contributed by atoms with Gasteiger partial charge in [-0.25, -0.2) is 9.37 Å². The zero-order valence-corrected chi connectivity index (χ0v) is 23.9. The van der Waals surface area contributed by atoms with Gasteiger partial charge in [-0.1, -0.05) is 19.8 Å². The van der Waals surface area contributed by atoms with Crippen LogP contribution in [0, 0.1) is 0 Å². The van der Waals surface area contributed by atoms with Gasteiger partial charge in [-0.2, -0.15) is 4.98 Å². The number of nitrogens with one attached hydrogen (secondary N) is 2. The number of methoxy groups -OCH3 is 1. The fourth-order valence-corrected chi connectivity index (χ4v) is 5.96. The molecule has 0 bridgehead atoms. The Bertz CT molecular complexity index is 1250. The number of aromatic nitrogens is 2. The summed E-state index contributed by atoms with van der Waals surface area (Å²) < 4.78 is 21.5. The van der Waals surface area contributed by atoms with E-state index in [1.807, 2.05) is 4.90 Å². The number of anilines is 4. The third-order valence-corrected chi connectivity index (χ3v) is 8.58. The molecule has 1 saturated carbocycles. The Kier molecular flexibility index (Phi) is 8.11. The second-order valence-corrected chi connectivity index (χ2v) is 11.2. The number of piperidine rings is 1. The van der Waals surface area contributed by atoms with Crippen molar-refractivity contribution >= 4 is 35.0 Å². The van der Waals surface area contributed by atoms with Gasteiger partial charge < -0.3 is 30.1 Å². The number of hydrogen-bond donors (Lipinski definition) is 2. The van der Waals surface area contributed by atoms with Crippen molar-refractivity contribution in [1.29, 1.82) is 0 Å². The van der Waals surface area contributed by atoms with Crippen molar-refractivity contribution < 1.29 is 18.7 Å². The first kappa shape index (κ1) is 28.1. The molecule has 2 aromatic rings. The number of amides is 2. The largest absolute Gasteiger partial charge is 0.495 e. The summed E-state index contributed by atoms with van der Waals surface area (Å²) in [5, 5.41) is 6.34. The quantitative estimate of drug-likeness (QED) is 0.532. The number of likely N-dealkylation sites (tertiary alicyclic amines) is 1. The lowest BCUT2D eigenvalue weighted by Gasteiger charge is -2.33. The number of carbonyl (C=O) groups excluding carboxylic acids is 2. The van der Waals surface area contributed by atoms with E-state index < -0.39 is 11.6 Å². The van der Waals surface area contributed by atoms with E-state index >= 15 is 4.39 Å². The summed E-state index contributed by atoms with van der Waals surface area (Å²) in [6.07, 6.45) is 7.50. The highest BCUT2D eigenvalue weighted by molar-refractivity contribution is 6.03. The lowest BCUT2D eigenvalue weighted by atomic mass is 10.00. The Morgan fingerprint density at radius 2 is 1.90 bits per heavy atom. The molecule has 0 radical (unpaired) electrons. The van der Waals surface area contributed by atoms with E-state index in [0.717, 1.165) is 51.6 Å². The molecule has 1 aliphatic carbocycles. The molecular weight excluding hydrogens is 513 g/mol. The molecular formula is C29H40FN7O3. The topological polar surface area (TPSA) is 103 Å². The molecule has 5 rings (SSSR count). The van der Waals surface area contributed by atoms with E-state index in [2.05, 4.69) is 27.6 Å². The normalized spacial score (nSPS) is 22.7. The summed E-state index contributed by atoms with van der Waals surface area (Å²) in [7, 11) is 5.22. The number of fused-ring (bicyclic) bond motifs is 1. The number of alkyl halides is 1. The molecule has 1 saturated heterocycles. The Labute approximate surface area is 235 Å². The summed E-state index contributed by atoms with van der Waals surface area (Å²) >= 11 is 0. The molecule has 2 aliphatic heterocycles. The second kappa shape index (κ2) is 11.6. The van der Waals surface area contributed by atoms with Gasteiger partial charge in [0.1, 0.15) is 11.4 Å². The van der Waals surface area contributed by atoms with Crippen LogP contribution in [0.15, 0.2) is 24.4 Å². The lowest BCUT2D eigenvalue weighted by molar-refractivity contribution is -0.129. The molecule has 2 fully saturated rings. The van der Waals surface area contributed by atoms with Gasteiger partial charge in [0.15, 0.2) is 5.82 Å². The number of rotatable bonds is 7. The van der Waals surface area contributed by atoms with Gasteiger partial charge in [0.2, 0.25) is 11.6 Å². The molecule has 2 N–H and O–H groups in total. The van der Waals surface area contributed by atoms with Gasteiger partial charge in [0.05, 0.1) is 25.5 Å². The van der Waals surface area contributed by atoms with Crippen LogP contribution in [-0.4, -0.2) is 85.3 Å². The van der Waals surface area contributed by atoms with Crippen molar-refractivity contribution in [2.45, 2.75) is 69.6 Å². The van der Waals surface area contributed by atoms with Crippen LogP contribution in [0.3, 0.4) is 0 Å². The highest BCUT2D eigenvalue weighted by atomic mass is 19.1. The first-order valence-corrected chi connectivity index (χ1v) is 14.3. The van der Waals surface area contributed by atoms with Crippen molar-refractivity contribution in [3.63, 3.8) is 0 Å². The maximum atomic E-state index is 15.9. The number of ether oxygens (including phenoxy) is 1. The molecule has 0 spiro atoms. The van der Waals surface area contributed by atoms with Crippen LogP contribution in [0.25, 0.3) is 0 Å². The summed E-state index contributed by atoms with van der Waals surface area (Å²) in [5.41, 5.74) is -0.408. The summed E-state index contributed by atoms with van der Waals surface area (Å²) in [6.45, 7) is 3.60. The van der Waals surface area contributed by atoms with Crippen LogP contribution in [-0.2, 0) is 4.79 Å². The smallest absolute Gasteiger partial charge is 0.266 e. The van der Waals surface area contributed by atoms with Crippen LogP contribution < -0.4 is 25.2 Å². The molecule has 1 aromatic carbocycles. The van der Waals surface area contributed by atoms with Crippen LogP contribution >= 0.6 is 0 Å². The first-order valence-electron chi connectivity index (χ1n) is 14.3. The minimum absolute atomic E-state index is 0.0365. The summed E-state index contributed by atoms with van der Waals surface area (Å²) in [6, 6.07) is 5.48. The SMILES string of the molecule is CC[C@]1(F)CN(C2CCCC2)c2nc(Nc3ccc(C(=O)NC4CCN(C)CC4)cc3OC)ncc2N(C)C1=O. The predicted octanol–water partition coefficient (Wildman–Crippen LogP) is 3.90. The highest BCUT2D eigenvalue weighted by Gasteiger charge is 2.47. The maximum Gasteiger partial charge on any atom is 0.266 e. The Hall–Kier alpha value is -3.47. The van der Waals surface area contributed by atoms with Crippen LogP contribution in [0.5, 0.6) is 5.75 Å². The molecule has 10 nitrogen and oxygen atoms in total. The molecule has 3 heterocycles. The molecule has 0 unspecified atom stereocenters. The van der Waals surface area contributed by atoms with E-state index in [4.69, 9.17) is 9.72 Å². The number of carbonyl (C=O) groups is 2. The monoisotopic (exact) mass is 553 g/mol. The third-order valence-electron chi connectivity index (χ3n) is 8.58. The van der Waals surface area contributed by atoms with Crippen molar-refractivity contribution in [2.75, 3.05) is 56.0 Å². The number of benzene rings is 1. The Balaban J connectivity index is 1.40. The van der Waals surface area contributed by atoms with Crippen LogP contribution in [0.4, 0.5) is 27.5 Å². The molecule has 2 amide bonds. The van der Waals surface area contributed by atoms with Gasteiger partial charge in [0.25, 0.3) is 11.8 Å². The summed E-state index contributed by atoms with van der Waals surface area (Å²) in [5.74, 6) is 0.611. The average molecular weight is 554 g/mol. The Morgan fingerprint density at radius 1 is 1.18 bits per heavy atom. The van der Waals surface area contributed by atoms with Crippen LogP contribution in [0.2, 0.25) is 0 Å². The van der Waals surface area contributed by atoms with Crippen LogP contribution in [0.1, 0.15) is 62.2 Å². The minimum atomic E-state index is -2.00. The van der Waals surface area contributed by atoms with Crippen molar-refractivity contribution in [2.24, 2.45) is 0 Å². The van der Waals surface area contributed by atoms with Crippen molar-refractivity contribution in [3.8, 4) is 5.75 Å². The fourth-order valence-electron chi connectivity index (χ4n) is 5.96. The first-order chi connectivity index (χ1) is 19.2. The molecule has 3 aliphatic rings. The highest BCUT2D eigenvalue weighted by Crippen LogP contribution is 2.40. The molecule has 216 valence electrons. The molecule has 11 heteroatoms.